The van der Waals surface area contributed by atoms with Crippen LogP contribution in [0, 0.1) is 0 Å². The zero-order chi connectivity index (χ0) is 8.39. The van der Waals surface area contributed by atoms with Gasteiger partial charge >= 0.3 is 0 Å². The molecular weight excluding hydrogens is 154 g/mol. The summed E-state index contributed by atoms with van der Waals surface area (Å²) >= 11 is 0. The first-order chi connectivity index (χ1) is 5.92. The standard InChI is InChI=1S/C9H11NO2/c11-5-8-6-12-10-9(8)7-3-1-2-4-7/h5-7H,1-4H2. The molecule has 1 aliphatic rings. The van der Waals surface area contributed by atoms with Crippen molar-refractivity contribution in [2.24, 2.45) is 0 Å². The molecule has 0 aromatic carbocycles. The quantitative estimate of drug-likeness (QED) is 0.630. The van der Waals surface area contributed by atoms with Gasteiger partial charge in [0.15, 0.2) is 6.29 Å². The molecule has 0 radical (unpaired) electrons. The highest BCUT2D eigenvalue weighted by molar-refractivity contribution is 5.75. The van der Waals surface area contributed by atoms with E-state index in [1.165, 1.54) is 19.1 Å². The van der Waals surface area contributed by atoms with Crippen LogP contribution < -0.4 is 0 Å². The zero-order valence-corrected chi connectivity index (χ0v) is 6.82. The minimum atomic E-state index is 0.462. The van der Waals surface area contributed by atoms with Gasteiger partial charge in [-0.15, -0.1) is 0 Å². The number of rotatable bonds is 2. The Morgan fingerprint density at radius 3 is 2.92 bits per heavy atom. The van der Waals surface area contributed by atoms with Crippen molar-refractivity contribution in [2.45, 2.75) is 31.6 Å². The summed E-state index contributed by atoms with van der Waals surface area (Å²) in [6.07, 6.45) is 7.04. The van der Waals surface area contributed by atoms with Gasteiger partial charge in [0.1, 0.15) is 6.26 Å². The third-order valence-electron chi connectivity index (χ3n) is 2.50. The maximum Gasteiger partial charge on any atom is 0.155 e. The molecule has 0 atom stereocenters. The number of hydrogen-bond acceptors (Lipinski definition) is 3. The number of carbonyl (C=O) groups excluding carboxylic acids is 1. The maximum atomic E-state index is 10.5. The molecular formula is C9H11NO2. The van der Waals surface area contributed by atoms with Crippen molar-refractivity contribution in [1.82, 2.24) is 5.16 Å². The Kier molecular flexibility index (Phi) is 1.94. The van der Waals surface area contributed by atoms with Crippen molar-refractivity contribution >= 4 is 6.29 Å². The Hall–Kier alpha value is -1.12. The molecule has 0 amide bonds. The first-order valence-electron chi connectivity index (χ1n) is 4.31. The molecule has 0 unspecified atom stereocenters. The lowest BCUT2D eigenvalue weighted by Gasteiger charge is -2.02. The Bertz CT molecular complexity index is 274. The molecule has 0 aliphatic heterocycles. The van der Waals surface area contributed by atoms with Gasteiger partial charge in [-0.3, -0.25) is 4.79 Å². The Morgan fingerprint density at radius 1 is 1.50 bits per heavy atom. The lowest BCUT2D eigenvalue weighted by molar-refractivity contribution is 0.112. The molecule has 12 heavy (non-hydrogen) atoms. The molecule has 0 N–H and O–H groups in total. The lowest BCUT2D eigenvalue weighted by atomic mass is 10.0. The fourth-order valence-corrected chi connectivity index (χ4v) is 1.85. The fourth-order valence-electron chi connectivity index (χ4n) is 1.85. The second-order valence-electron chi connectivity index (χ2n) is 3.25. The van der Waals surface area contributed by atoms with Gasteiger partial charge < -0.3 is 4.52 Å². The van der Waals surface area contributed by atoms with Crippen LogP contribution in [0.4, 0.5) is 0 Å². The summed E-state index contributed by atoms with van der Waals surface area (Å²) in [7, 11) is 0. The highest BCUT2D eigenvalue weighted by Gasteiger charge is 2.22. The number of carbonyl (C=O) groups is 1. The van der Waals surface area contributed by atoms with E-state index < -0.39 is 0 Å². The smallest absolute Gasteiger partial charge is 0.155 e. The van der Waals surface area contributed by atoms with Crippen molar-refractivity contribution in [1.29, 1.82) is 0 Å². The van der Waals surface area contributed by atoms with E-state index in [2.05, 4.69) is 5.16 Å². The summed E-state index contributed by atoms with van der Waals surface area (Å²) in [6.45, 7) is 0. The average molecular weight is 165 g/mol. The lowest BCUT2D eigenvalue weighted by Crippen LogP contribution is -1.96. The Labute approximate surface area is 70.7 Å². The van der Waals surface area contributed by atoms with Crippen molar-refractivity contribution < 1.29 is 9.32 Å². The SMILES string of the molecule is O=Cc1conc1C1CCCC1. The van der Waals surface area contributed by atoms with Gasteiger partial charge in [-0.25, -0.2) is 0 Å². The zero-order valence-electron chi connectivity index (χ0n) is 6.82. The number of aromatic nitrogens is 1. The first-order valence-corrected chi connectivity index (χ1v) is 4.31. The average Bonchev–Trinajstić information content (AvgIpc) is 2.74. The van der Waals surface area contributed by atoms with E-state index in [0.717, 1.165) is 24.8 Å². The van der Waals surface area contributed by atoms with E-state index in [-0.39, 0.29) is 0 Å². The van der Waals surface area contributed by atoms with Crippen molar-refractivity contribution in [2.75, 3.05) is 0 Å². The molecule has 1 aliphatic carbocycles. The van der Waals surface area contributed by atoms with E-state index in [9.17, 15) is 4.79 Å². The molecule has 2 rings (SSSR count). The summed E-state index contributed by atoms with van der Waals surface area (Å²) in [4.78, 5) is 10.5. The van der Waals surface area contributed by atoms with Crippen LogP contribution in [0.25, 0.3) is 0 Å². The van der Waals surface area contributed by atoms with Gasteiger partial charge in [0, 0.05) is 5.92 Å². The van der Waals surface area contributed by atoms with E-state index in [4.69, 9.17) is 4.52 Å². The molecule has 1 heterocycles. The van der Waals surface area contributed by atoms with Crippen LogP contribution in [0.3, 0.4) is 0 Å². The van der Waals surface area contributed by atoms with Crippen molar-refractivity contribution in [3.05, 3.63) is 17.5 Å². The molecule has 0 spiro atoms. The molecule has 1 aromatic heterocycles. The van der Waals surface area contributed by atoms with Crippen LogP contribution in [0.2, 0.25) is 0 Å². The van der Waals surface area contributed by atoms with Gasteiger partial charge in [-0.1, -0.05) is 18.0 Å². The van der Waals surface area contributed by atoms with E-state index in [1.54, 1.807) is 0 Å². The van der Waals surface area contributed by atoms with Gasteiger partial charge in [0.25, 0.3) is 0 Å². The predicted molar refractivity (Wildman–Crippen MR) is 43.1 cm³/mol. The first kappa shape index (κ1) is 7.53. The van der Waals surface area contributed by atoms with Gasteiger partial charge in [0.2, 0.25) is 0 Å². The highest BCUT2D eigenvalue weighted by Crippen LogP contribution is 2.34. The van der Waals surface area contributed by atoms with E-state index >= 15 is 0 Å². The minimum absolute atomic E-state index is 0.462. The Balaban J connectivity index is 2.25. The minimum Gasteiger partial charge on any atom is -0.364 e. The van der Waals surface area contributed by atoms with E-state index in [1.807, 2.05) is 0 Å². The van der Waals surface area contributed by atoms with Crippen molar-refractivity contribution in [3.63, 3.8) is 0 Å². The number of nitrogens with zero attached hydrogens (tertiary/aromatic N) is 1. The summed E-state index contributed by atoms with van der Waals surface area (Å²) in [6, 6.07) is 0. The third kappa shape index (κ3) is 1.15. The maximum absolute atomic E-state index is 10.5. The largest absolute Gasteiger partial charge is 0.364 e. The fraction of sp³-hybridized carbons (Fsp3) is 0.556. The Morgan fingerprint density at radius 2 is 2.25 bits per heavy atom. The summed E-state index contributed by atoms with van der Waals surface area (Å²) < 4.78 is 4.77. The summed E-state index contributed by atoms with van der Waals surface area (Å²) in [5.41, 5.74) is 1.49. The monoisotopic (exact) mass is 165 g/mol. The topological polar surface area (TPSA) is 43.1 Å². The van der Waals surface area contributed by atoms with Crippen LogP contribution in [-0.2, 0) is 0 Å². The summed E-state index contributed by atoms with van der Waals surface area (Å²) in [5, 5.41) is 3.86. The molecule has 0 saturated heterocycles. The van der Waals surface area contributed by atoms with Crippen molar-refractivity contribution in [3.8, 4) is 0 Å². The highest BCUT2D eigenvalue weighted by atomic mass is 16.5. The van der Waals surface area contributed by atoms with Gasteiger partial charge in [-0.2, -0.15) is 0 Å². The molecule has 3 nitrogen and oxygen atoms in total. The second kappa shape index (κ2) is 3.09. The molecule has 3 heteroatoms. The van der Waals surface area contributed by atoms with Gasteiger partial charge in [0.05, 0.1) is 11.3 Å². The van der Waals surface area contributed by atoms with Crippen LogP contribution in [0.5, 0.6) is 0 Å². The predicted octanol–water partition coefficient (Wildman–Crippen LogP) is 2.14. The van der Waals surface area contributed by atoms with Crippen LogP contribution in [0.15, 0.2) is 10.8 Å². The third-order valence-corrected chi connectivity index (χ3v) is 2.50. The normalized spacial score (nSPS) is 18.3. The van der Waals surface area contributed by atoms with Crippen LogP contribution in [-0.4, -0.2) is 11.4 Å². The number of aldehydes is 1. The summed E-state index contributed by atoms with van der Waals surface area (Å²) in [5.74, 6) is 0.462. The molecule has 0 bridgehead atoms. The molecule has 1 saturated carbocycles. The van der Waals surface area contributed by atoms with Crippen LogP contribution >= 0.6 is 0 Å². The van der Waals surface area contributed by atoms with Gasteiger partial charge in [-0.05, 0) is 12.8 Å². The van der Waals surface area contributed by atoms with Crippen LogP contribution in [0.1, 0.15) is 47.7 Å². The van der Waals surface area contributed by atoms with E-state index in [0.29, 0.717) is 11.5 Å². The number of hydrogen-bond donors (Lipinski definition) is 0. The second-order valence-corrected chi connectivity index (χ2v) is 3.25. The molecule has 64 valence electrons. The molecule has 1 aromatic rings. The molecule has 1 fully saturated rings.